The minimum atomic E-state index is -0.945. The van der Waals surface area contributed by atoms with Gasteiger partial charge < -0.3 is 14.6 Å². The molecular formula is C10H9ClO4. The Kier molecular flexibility index (Phi) is 2.68. The lowest BCUT2D eigenvalue weighted by atomic mass is 10.1. The summed E-state index contributed by atoms with van der Waals surface area (Å²) in [5, 5.41) is 9.13. The van der Waals surface area contributed by atoms with Gasteiger partial charge in [-0.2, -0.15) is 0 Å². The van der Waals surface area contributed by atoms with Crippen molar-refractivity contribution in [3.63, 3.8) is 0 Å². The number of carbonyl (C=O) groups is 1. The van der Waals surface area contributed by atoms with Gasteiger partial charge in [0, 0.05) is 10.6 Å². The molecule has 4 nitrogen and oxygen atoms in total. The predicted molar refractivity (Wildman–Crippen MR) is 53.8 cm³/mol. The summed E-state index contributed by atoms with van der Waals surface area (Å²) in [5.41, 5.74) is 0.473. The summed E-state index contributed by atoms with van der Waals surface area (Å²) in [7, 11) is 0. The molecule has 0 atom stereocenters. The highest BCUT2D eigenvalue weighted by Gasteiger charge is 2.20. The van der Waals surface area contributed by atoms with Gasteiger partial charge in [-0.15, -0.1) is 0 Å². The first-order valence-electron chi connectivity index (χ1n) is 4.47. The second kappa shape index (κ2) is 3.98. The zero-order valence-electron chi connectivity index (χ0n) is 7.83. The summed E-state index contributed by atoms with van der Waals surface area (Å²) in [6.07, 6.45) is -0.161. The number of rotatable bonds is 2. The molecule has 1 aromatic rings. The quantitative estimate of drug-likeness (QED) is 0.838. The summed E-state index contributed by atoms with van der Waals surface area (Å²) in [6.45, 7) is 0.890. The maximum Gasteiger partial charge on any atom is 0.308 e. The number of aliphatic carboxylic acids is 1. The predicted octanol–water partition coefficient (Wildman–Crippen LogP) is 1.74. The van der Waals surface area contributed by atoms with E-state index in [1.807, 2.05) is 0 Å². The molecular weight excluding hydrogens is 220 g/mol. The summed E-state index contributed by atoms with van der Waals surface area (Å²) < 4.78 is 10.7. The van der Waals surface area contributed by atoms with E-state index >= 15 is 0 Å². The largest absolute Gasteiger partial charge is 0.486 e. The van der Waals surface area contributed by atoms with E-state index in [1.54, 1.807) is 12.1 Å². The second-order valence-electron chi connectivity index (χ2n) is 3.12. The third-order valence-corrected chi connectivity index (χ3v) is 2.44. The smallest absolute Gasteiger partial charge is 0.308 e. The molecule has 1 aliphatic rings. The Morgan fingerprint density at radius 2 is 2.13 bits per heavy atom. The molecule has 80 valence electrons. The van der Waals surface area contributed by atoms with Crippen molar-refractivity contribution in [2.24, 2.45) is 0 Å². The fourth-order valence-corrected chi connectivity index (χ4v) is 1.68. The van der Waals surface area contributed by atoms with Gasteiger partial charge in [-0.25, -0.2) is 0 Å². The van der Waals surface area contributed by atoms with Crippen molar-refractivity contribution in [3.05, 3.63) is 22.7 Å². The molecule has 0 saturated heterocycles. The molecule has 0 spiro atoms. The Morgan fingerprint density at radius 3 is 2.87 bits per heavy atom. The molecule has 0 radical (unpaired) electrons. The van der Waals surface area contributed by atoms with E-state index in [1.165, 1.54) is 0 Å². The van der Waals surface area contributed by atoms with E-state index in [2.05, 4.69) is 0 Å². The molecule has 0 aliphatic carbocycles. The Morgan fingerprint density at radius 1 is 1.40 bits per heavy atom. The van der Waals surface area contributed by atoms with Crippen LogP contribution in [0.5, 0.6) is 11.5 Å². The van der Waals surface area contributed by atoms with Crippen molar-refractivity contribution >= 4 is 17.6 Å². The fourth-order valence-electron chi connectivity index (χ4n) is 1.47. The SMILES string of the molecule is O=C(O)Cc1c(Cl)ccc2c1OCCO2. The van der Waals surface area contributed by atoms with Crippen molar-refractivity contribution in [2.45, 2.75) is 6.42 Å². The Balaban J connectivity index is 2.45. The van der Waals surface area contributed by atoms with E-state index in [-0.39, 0.29) is 6.42 Å². The highest BCUT2D eigenvalue weighted by molar-refractivity contribution is 6.31. The normalized spacial score (nSPS) is 13.7. The van der Waals surface area contributed by atoms with Crippen LogP contribution >= 0.6 is 11.6 Å². The van der Waals surface area contributed by atoms with E-state index in [0.717, 1.165) is 0 Å². The number of carboxylic acid groups (broad SMARTS) is 1. The average Bonchev–Trinajstić information content (AvgIpc) is 2.22. The first kappa shape index (κ1) is 10.1. The Hall–Kier alpha value is -1.42. The van der Waals surface area contributed by atoms with Gasteiger partial charge in [0.05, 0.1) is 6.42 Å². The van der Waals surface area contributed by atoms with E-state index < -0.39 is 5.97 Å². The number of fused-ring (bicyclic) bond motifs is 1. The number of hydrogen-bond acceptors (Lipinski definition) is 3. The summed E-state index contributed by atoms with van der Waals surface area (Å²) >= 11 is 5.91. The minimum absolute atomic E-state index is 0.161. The standard InChI is InChI=1S/C10H9ClO4/c11-7-1-2-8-10(15-4-3-14-8)6(7)5-9(12)13/h1-2H,3-5H2,(H,12,13). The van der Waals surface area contributed by atoms with Gasteiger partial charge in [0.25, 0.3) is 0 Å². The molecule has 0 amide bonds. The third-order valence-electron chi connectivity index (χ3n) is 2.08. The zero-order valence-corrected chi connectivity index (χ0v) is 8.58. The molecule has 0 aromatic heterocycles. The molecule has 1 aromatic carbocycles. The van der Waals surface area contributed by atoms with Crippen LogP contribution in [0.15, 0.2) is 12.1 Å². The molecule has 1 aliphatic heterocycles. The van der Waals surface area contributed by atoms with E-state index in [4.69, 9.17) is 26.2 Å². The van der Waals surface area contributed by atoms with Crippen LogP contribution in [0.1, 0.15) is 5.56 Å². The van der Waals surface area contributed by atoms with Crippen molar-refractivity contribution in [1.29, 1.82) is 0 Å². The number of benzene rings is 1. The minimum Gasteiger partial charge on any atom is -0.486 e. The van der Waals surface area contributed by atoms with Crippen molar-refractivity contribution in [3.8, 4) is 11.5 Å². The molecule has 1 N–H and O–H groups in total. The van der Waals surface area contributed by atoms with Gasteiger partial charge in [0.2, 0.25) is 0 Å². The average molecular weight is 229 g/mol. The molecule has 5 heteroatoms. The zero-order chi connectivity index (χ0) is 10.8. The van der Waals surface area contributed by atoms with Gasteiger partial charge >= 0.3 is 5.97 Å². The van der Waals surface area contributed by atoms with Crippen LogP contribution in [0.4, 0.5) is 0 Å². The highest BCUT2D eigenvalue weighted by atomic mass is 35.5. The Bertz CT molecular complexity index is 403. The number of halogens is 1. The second-order valence-corrected chi connectivity index (χ2v) is 3.53. The summed E-state index contributed by atoms with van der Waals surface area (Å²) in [5.74, 6) is 0.0672. The number of hydrogen-bond donors (Lipinski definition) is 1. The first-order valence-corrected chi connectivity index (χ1v) is 4.85. The van der Waals surface area contributed by atoms with E-state index in [0.29, 0.717) is 35.3 Å². The topological polar surface area (TPSA) is 55.8 Å². The number of ether oxygens (including phenoxy) is 2. The van der Waals surface area contributed by atoms with Gasteiger partial charge in [-0.1, -0.05) is 11.6 Å². The van der Waals surface area contributed by atoms with E-state index in [9.17, 15) is 4.79 Å². The monoisotopic (exact) mass is 228 g/mol. The van der Waals surface area contributed by atoms with Crippen molar-refractivity contribution in [1.82, 2.24) is 0 Å². The maximum absolute atomic E-state index is 10.7. The van der Waals surface area contributed by atoms with Gasteiger partial charge in [-0.05, 0) is 12.1 Å². The van der Waals surface area contributed by atoms with Crippen LogP contribution in [0.25, 0.3) is 0 Å². The first-order chi connectivity index (χ1) is 7.18. The molecule has 1 heterocycles. The van der Waals surface area contributed by atoms with Gasteiger partial charge in [-0.3, -0.25) is 4.79 Å². The lowest BCUT2D eigenvalue weighted by molar-refractivity contribution is -0.136. The van der Waals surface area contributed by atoms with Gasteiger partial charge in [0.1, 0.15) is 13.2 Å². The summed E-state index contributed by atoms with van der Waals surface area (Å²) in [4.78, 5) is 10.7. The highest BCUT2D eigenvalue weighted by Crippen LogP contribution is 2.38. The molecule has 0 unspecified atom stereocenters. The summed E-state index contributed by atoms with van der Waals surface area (Å²) in [6, 6.07) is 3.30. The van der Waals surface area contributed by atoms with Crippen LogP contribution in [0, 0.1) is 0 Å². The van der Waals surface area contributed by atoms with Crippen LogP contribution in [-0.4, -0.2) is 24.3 Å². The number of carboxylic acids is 1. The fraction of sp³-hybridized carbons (Fsp3) is 0.300. The van der Waals surface area contributed by atoms with Gasteiger partial charge in [0.15, 0.2) is 11.5 Å². The van der Waals surface area contributed by atoms with Crippen LogP contribution in [0.2, 0.25) is 5.02 Å². The molecule has 0 saturated carbocycles. The molecule has 0 fully saturated rings. The lowest BCUT2D eigenvalue weighted by Gasteiger charge is -2.21. The maximum atomic E-state index is 10.7. The van der Waals surface area contributed by atoms with Crippen LogP contribution in [0.3, 0.4) is 0 Å². The Labute approximate surface area is 91.4 Å². The van der Waals surface area contributed by atoms with Crippen LogP contribution in [-0.2, 0) is 11.2 Å². The van der Waals surface area contributed by atoms with Crippen LogP contribution < -0.4 is 9.47 Å². The molecule has 0 bridgehead atoms. The van der Waals surface area contributed by atoms with Crippen molar-refractivity contribution in [2.75, 3.05) is 13.2 Å². The lowest BCUT2D eigenvalue weighted by Crippen LogP contribution is -2.17. The van der Waals surface area contributed by atoms with Crippen molar-refractivity contribution < 1.29 is 19.4 Å². The molecule has 15 heavy (non-hydrogen) atoms. The third kappa shape index (κ3) is 1.99. The molecule has 2 rings (SSSR count).